The van der Waals surface area contributed by atoms with Gasteiger partial charge in [0.2, 0.25) is 11.8 Å². The molecule has 0 aromatic rings. The largest absolute Gasteiger partial charge is 0.368 e. The van der Waals surface area contributed by atoms with Gasteiger partial charge in [-0.3, -0.25) is 14.4 Å². The lowest BCUT2D eigenvalue weighted by molar-refractivity contribution is -0.133. The van der Waals surface area contributed by atoms with Crippen molar-refractivity contribution in [2.75, 3.05) is 6.54 Å². The summed E-state index contributed by atoms with van der Waals surface area (Å²) in [6.07, 6.45) is 2.11. The molecular formula is C13H24N4O3. The van der Waals surface area contributed by atoms with E-state index in [9.17, 15) is 14.4 Å². The molecule has 6 N–H and O–H groups in total. The molecule has 3 atom stereocenters. The Hall–Kier alpha value is -1.47. The molecule has 1 aliphatic heterocycles. The van der Waals surface area contributed by atoms with Crippen molar-refractivity contribution in [1.82, 2.24) is 10.6 Å². The van der Waals surface area contributed by atoms with E-state index in [1.54, 1.807) is 0 Å². The number of primary amides is 1. The first kappa shape index (κ1) is 16.6. The molecule has 1 fully saturated rings. The number of ketones is 1. The van der Waals surface area contributed by atoms with E-state index in [0.29, 0.717) is 6.42 Å². The van der Waals surface area contributed by atoms with E-state index >= 15 is 0 Å². The van der Waals surface area contributed by atoms with Crippen molar-refractivity contribution < 1.29 is 14.4 Å². The van der Waals surface area contributed by atoms with Gasteiger partial charge in [0.15, 0.2) is 5.78 Å². The van der Waals surface area contributed by atoms with Crippen LogP contribution in [0, 0.1) is 5.92 Å². The van der Waals surface area contributed by atoms with E-state index in [1.807, 2.05) is 13.8 Å². The highest BCUT2D eigenvalue weighted by Crippen LogP contribution is 2.10. The average Bonchev–Trinajstić information content (AvgIpc) is 2.89. The molecule has 20 heavy (non-hydrogen) atoms. The number of carbonyl (C=O) groups is 3. The fraction of sp³-hybridized carbons (Fsp3) is 0.769. The van der Waals surface area contributed by atoms with Gasteiger partial charge in [-0.25, -0.2) is 0 Å². The Morgan fingerprint density at radius 2 is 2.00 bits per heavy atom. The molecule has 0 aliphatic carbocycles. The second-order valence-electron chi connectivity index (χ2n) is 5.62. The fourth-order valence-electron chi connectivity index (χ4n) is 2.26. The number of Topliss-reactive ketones (excluding diaryl/α,β-unsaturated/α-hetero) is 1. The van der Waals surface area contributed by atoms with E-state index in [-0.39, 0.29) is 17.9 Å². The van der Waals surface area contributed by atoms with Crippen LogP contribution in [-0.4, -0.2) is 42.3 Å². The zero-order valence-electron chi connectivity index (χ0n) is 12.0. The van der Waals surface area contributed by atoms with E-state index in [1.165, 1.54) is 0 Å². The summed E-state index contributed by atoms with van der Waals surface area (Å²) in [6, 6.07) is -2.43. The Bertz CT molecular complexity index is 378. The first-order valence-corrected chi connectivity index (χ1v) is 6.95. The zero-order chi connectivity index (χ0) is 15.3. The van der Waals surface area contributed by atoms with Crippen molar-refractivity contribution in [2.24, 2.45) is 17.4 Å². The molecule has 1 rings (SSSR count). The van der Waals surface area contributed by atoms with Crippen molar-refractivity contribution >= 4 is 17.6 Å². The van der Waals surface area contributed by atoms with E-state index in [2.05, 4.69) is 10.6 Å². The molecule has 7 nitrogen and oxygen atoms in total. The summed E-state index contributed by atoms with van der Waals surface area (Å²) in [5.41, 5.74) is 10.5. The third kappa shape index (κ3) is 4.57. The summed E-state index contributed by atoms with van der Waals surface area (Å²) < 4.78 is 0. The standard InChI is InChI=1S/C13H24N4O3/c1-7(2)6-9(11(18)10(14)12(15)19)17-13(20)8-4-3-5-16-8/h7-10,16H,3-6,14H2,1-2H3,(H2,15,19)(H,17,20)/t8-,9-,10?/m0/s1. The highest BCUT2D eigenvalue weighted by molar-refractivity contribution is 6.07. The number of hydrogen-bond donors (Lipinski definition) is 4. The summed E-state index contributed by atoms with van der Waals surface area (Å²) in [5.74, 6) is -1.45. The Labute approximate surface area is 118 Å². The molecule has 1 saturated heterocycles. The zero-order valence-corrected chi connectivity index (χ0v) is 12.0. The van der Waals surface area contributed by atoms with Crippen LogP contribution in [0.4, 0.5) is 0 Å². The third-order valence-electron chi connectivity index (χ3n) is 3.36. The SMILES string of the molecule is CC(C)C[C@H](NC(=O)[C@@H]1CCCN1)C(=O)C(N)C(N)=O. The van der Waals surface area contributed by atoms with Gasteiger partial charge in [-0.15, -0.1) is 0 Å². The molecule has 7 heteroatoms. The third-order valence-corrected chi connectivity index (χ3v) is 3.36. The first-order valence-electron chi connectivity index (χ1n) is 6.95. The predicted octanol–water partition coefficient (Wildman–Crippen LogP) is -1.35. The Morgan fingerprint density at radius 1 is 1.35 bits per heavy atom. The highest BCUT2D eigenvalue weighted by Gasteiger charge is 2.32. The van der Waals surface area contributed by atoms with Crippen LogP contribution in [0.2, 0.25) is 0 Å². The van der Waals surface area contributed by atoms with Crippen LogP contribution < -0.4 is 22.1 Å². The van der Waals surface area contributed by atoms with E-state index < -0.39 is 23.8 Å². The van der Waals surface area contributed by atoms with Gasteiger partial charge in [0.05, 0.1) is 12.1 Å². The van der Waals surface area contributed by atoms with Gasteiger partial charge in [-0.2, -0.15) is 0 Å². The fourth-order valence-corrected chi connectivity index (χ4v) is 2.26. The van der Waals surface area contributed by atoms with E-state index in [4.69, 9.17) is 11.5 Å². The van der Waals surface area contributed by atoms with Gasteiger partial charge in [0.1, 0.15) is 6.04 Å². The van der Waals surface area contributed by atoms with Gasteiger partial charge in [-0.05, 0) is 31.7 Å². The van der Waals surface area contributed by atoms with Crippen LogP contribution in [0.1, 0.15) is 33.1 Å². The van der Waals surface area contributed by atoms with Crippen LogP contribution >= 0.6 is 0 Å². The Morgan fingerprint density at radius 3 is 2.45 bits per heavy atom. The summed E-state index contributed by atoms with van der Waals surface area (Å²) in [4.78, 5) is 35.2. The summed E-state index contributed by atoms with van der Waals surface area (Å²) >= 11 is 0. The quantitative estimate of drug-likeness (QED) is 0.430. The molecule has 114 valence electrons. The minimum absolute atomic E-state index is 0.181. The molecule has 1 unspecified atom stereocenters. The van der Waals surface area contributed by atoms with Crippen LogP contribution in [0.5, 0.6) is 0 Å². The van der Waals surface area contributed by atoms with Gasteiger partial charge < -0.3 is 22.1 Å². The molecule has 0 bridgehead atoms. The predicted molar refractivity (Wildman–Crippen MR) is 74.6 cm³/mol. The van der Waals surface area contributed by atoms with Crippen LogP contribution in [-0.2, 0) is 14.4 Å². The summed E-state index contributed by atoms with van der Waals surface area (Å²) in [6.45, 7) is 4.65. The molecule has 0 aromatic heterocycles. The van der Waals surface area contributed by atoms with Crippen LogP contribution in [0.25, 0.3) is 0 Å². The second kappa shape index (κ2) is 7.35. The number of hydrogen-bond acceptors (Lipinski definition) is 5. The molecule has 0 spiro atoms. The Kier molecular flexibility index (Phi) is 6.09. The topological polar surface area (TPSA) is 127 Å². The van der Waals surface area contributed by atoms with Gasteiger partial charge in [0.25, 0.3) is 0 Å². The van der Waals surface area contributed by atoms with E-state index in [0.717, 1.165) is 19.4 Å². The second-order valence-corrected chi connectivity index (χ2v) is 5.62. The van der Waals surface area contributed by atoms with Crippen molar-refractivity contribution in [3.8, 4) is 0 Å². The minimum Gasteiger partial charge on any atom is -0.368 e. The molecule has 0 saturated carbocycles. The molecule has 0 radical (unpaired) electrons. The first-order chi connectivity index (χ1) is 9.32. The molecule has 2 amide bonds. The summed E-state index contributed by atoms with van der Waals surface area (Å²) in [7, 11) is 0. The molecule has 0 aromatic carbocycles. The van der Waals surface area contributed by atoms with Crippen molar-refractivity contribution in [2.45, 2.75) is 51.2 Å². The number of nitrogens with two attached hydrogens (primary N) is 2. The minimum atomic E-state index is -1.38. The average molecular weight is 284 g/mol. The van der Waals surface area contributed by atoms with Crippen molar-refractivity contribution in [3.05, 3.63) is 0 Å². The molecule has 1 aliphatic rings. The highest BCUT2D eigenvalue weighted by atomic mass is 16.2. The van der Waals surface area contributed by atoms with Gasteiger partial charge >= 0.3 is 0 Å². The monoisotopic (exact) mass is 284 g/mol. The smallest absolute Gasteiger partial charge is 0.242 e. The lowest BCUT2D eigenvalue weighted by Crippen LogP contribution is -2.55. The Balaban J connectivity index is 2.70. The molecular weight excluding hydrogens is 260 g/mol. The maximum absolute atomic E-state index is 12.1. The van der Waals surface area contributed by atoms with Gasteiger partial charge in [0, 0.05) is 0 Å². The molecule has 1 heterocycles. The number of amides is 2. The van der Waals surface area contributed by atoms with Crippen molar-refractivity contribution in [1.29, 1.82) is 0 Å². The van der Waals surface area contributed by atoms with Crippen LogP contribution in [0.15, 0.2) is 0 Å². The normalized spacial score (nSPS) is 21.5. The maximum atomic E-state index is 12.1. The van der Waals surface area contributed by atoms with Gasteiger partial charge in [-0.1, -0.05) is 13.8 Å². The maximum Gasteiger partial charge on any atom is 0.242 e. The van der Waals surface area contributed by atoms with Crippen molar-refractivity contribution in [3.63, 3.8) is 0 Å². The summed E-state index contributed by atoms with van der Waals surface area (Å²) in [5, 5.41) is 5.75. The number of carbonyl (C=O) groups excluding carboxylic acids is 3. The lowest BCUT2D eigenvalue weighted by atomic mass is 9.96. The number of nitrogens with one attached hydrogen (secondary N) is 2. The van der Waals surface area contributed by atoms with Crippen LogP contribution in [0.3, 0.4) is 0 Å². The lowest BCUT2D eigenvalue weighted by Gasteiger charge is -2.23. The number of rotatable bonds is 7.